The Kier molecular flexibility index (Phi) is 3.44. The molecule has 1 aliphatic rings. The molecule has 1 N–H and O–H groups in total. The molecule has 0 spiro atoms. The van der Waals surface area contributed by atoms with E-state index in [2.05, 4.69) is 9.97 Å². The van der Waals surface area contributed by atoms with E-state index in [4.69, 9.17) is 14.0 Å². The number of rotatable bonds is 3. The van der Waals surface area contributed by atoms with E-state index in [0.29, 0.717) is 12.2 Å². The predicted molar refractivity (Wildman–Crippen MR) is 70.3 cm³/mol. The van der Waals surface area contributed by atoms with Crippen LogP contribution in [0.1, 0.15) is 45.2 Å². The first-order chi connectivity index (χ1) is 8.77. The minimum atomic E-state index is -0.555. The van der Waals surface area contributed by atoms with Gasteiger partial charge >= 0.3 is 13.1 Å². The van der Waals surface area contributed by atoms with E-state index in [9.17, 15) is 4.79 Å². The van der Waals surface area contributed by atoms with Crippen molar-refractivity contribution < 1.29 is 18.8 Å². The Bertz CT molecular complexity index is 468. The maximum Gasteiger partial charge on any atom is 0.513 e. The quantitative estimate of drug-likeness (QED) is 0.649. The van der Waals surface area contributed by atoms with Crippen LogP contribution in [0.25, 0.3) is 0 Å². The maximum atomic E-state index is 11.5. The van der Waals surface area contributed by atoms with E-state index >= 15 is 0 Å². The number of hydrogen-bond acceptors (Lipinski definition) is 5. The van der Waals surface area contributed by atoms with E-state index < -0.39 is 24.3 Å². The van der Waals surface area contributed by atoms with Crippen molar-refractivity contribution >= 4 is 18.7 Å². The fourth-order valence-corrected chi connectivity index (χ4v) is 1.73. The van der Waals surface area contributed by atoms with Gasteiger partial charge in [0.15, 0.2) is 0 Å². The van der Waals surface area contributed by atoms with Crippen molar-refractivity contribution in [3.63, 3.8) is 0 Å². The van der Waals surface area contributed by atoms with Crippen molar-refractivity contribution in [3.05, 3.63) is 12.0 Å². The van der Waals surface area contributed by atoms with Gasteiger partial charge in [-0.05, 0) is 34.6 Å². The monoisotopic (exact) mass is 266 g/mol. The first-order valence-electron chi connectivity index (χ1n) is 6.34. The highest BCUT2D eigenvalue weighted by molar-refractivity contribution is 6.61. The highest BCUT2D eigenvalue weighted by Gasteiger charge is 2.52. The largest absolute Gasteiger partial charge is 0.513 e. The molecule has 0 saturated carbocycles. The highest BCUT2D eigenvalue weighted by atomic mass is 16.7. The maximum absolute atomic E-state index is 11.5. The first kappa shape index (κ1) is 14.1. The molecule has 19 heavy (non-hydrogen) atoms. The van der Waals surface area contributed by atoms with Gasteiger partial charge in [0.2, 0.25) is 5.82 Å². The van der Waals surface area contributed by atoms with Crippen molar-refractivity contribution in [2.45, 2.75) is 45.8 Å². The minimum Gasteiger partial charge on any atom is -0.460 e. The molecular weight excluding hydrogens is 247 g/mol. The number of imidazole rings is 1. The molecule has 1 saturated heterocycles. The van der Waals surface area contributed by atoms with E-state index in [-0.39, 0.29) is 5.82 Å². The molecule has 1 fully saturated rings. The van der Waals surface area contributed by atoms with Crippen LogP contribution in [0, 0.1) is 0 Å². The lowest BCUT2D eigenvalue weighted by atomic mass is 9.86. The van der Waals surface area contributed by atoms with Crippen LogP contribution in [0.4, 0.5) is 0 Å². The Hall–Kier alpha value is -1.34. The second-order valence-corrected chi connectivity index (χ2v) is 5.50. The lowest BCUT2D eigenvalue weighted by Crippen LogP contribution is -2.41. The van der Waals surface area contributed by atoms with Gasteiger partial charge in [0, 0.05) is 6.20 Å². The average Bonchev–Trinajstić information content (AvgIpc) is 2.83. The van der Waals surface area contributed by atoms with Crippen LogP contribution in [0.2, 0.25) is 0 Å². The fourth-order valence-electron chi connectivity index (χ4n) is 1.73. The number of carbonyl (C=O) groups excluding carboxylic acids is 1. The summed E-state index contributed by atoms with van der Waals surface area (Å²) >= 11 is 0. The summed E-state index contributed by atoms with van der Waals surface area (Å²) in [5.41, 5.74) is -0.235. The summed E-state index contributed by atoms with van der Waals surface area (Å²) < 4.78 is 16.6. The van der Waals surface area contributed by atoms with E-state index in [0.717, 1.165) is 0 Å². The molecule has 2 heterocycles. The molecule has 0 radical (unpaired) electrons. The Labute approximate surface area is 113 Å². The average molecular weight is 266 g/mol. The van der Waals surface area contributed by atoms with Gasteiger partial charge < -0.3 is 19.0 Å². The third-order valence-corrected chi connectivity index (χ3v) is 3.57. The SMILES string of the molecule is CCOC(=O)c1ncc(B2OC(C)(C)C(C)(C)O2)[nH]1. The summed E-state index contributed by atoms with van der Waals surface area (Å²) in [6.07, 6.45) is 1.54. The van der Waals surface area contributed by atoms with Crippen molar-refractivity contribution in [3.8, 4) is 0 Å². The Morgan fingerprint density at radius 3 is 2.47 bits per heavy atom. The van der Waals surface area contributed by atoms with Gasteiger partial charge in [0.05, 0.1) is 23.4 Å². The normalized spacial score (nSPS) is 20.6. The first-order valence-corrected chi connectivity index (χ1v) is 6.34. The number of esters is 1. The number of carbonyl (C=O) groups is 1. The van der Waals surface area contributed by atoms with Crippen LogP contribution in [-0.2, 0) is 14.0 Å². The zero-order chi connectivity index (χ0) is 14.3. The summed E-state index contributed by atoms with van der Waals surface area (Å²) in [6.45, 7) is 9.93. The topological polar surface area (TPSA) is 73.4 Å². The molecule has 0 bridgehead atoms. The Morgan fingerprint density at radius 2 is 1.95 bits per heavy atom. The van der Waals surface area contributed by atoms with Crippen LogP contribution < -0.4 is 5.59 Å². The van der Waals surface area contributed by atoms with Crippen LogP contribution in [0.15, 0.2) is 6.20 Å². The number of aromatic amines is 1. The molecule has 1 aliphatic heterocycles. The van der Waals surface area contributed by atoms with Gasteiger partial charge in [-0.2, -0.15) is 0 Å². The van der Waals surface area contributed by atoms with Crippen molar-refractivity contribution in [1.82, 2.24) is 9.97 Å². The van der Waals surface area contributed by atoms with Crippen molar-refractivity contribution in [1.29, 1.82) is 0 Å². The number of nitrogens with zero attached hydrogens (tertiary/aromatic N) is 1. The van der Waals surface area contributed by atoms with Gasteiger partial charge in [-0.3, -0.25) is 0 Å². The standard InChI is InChI=1S/C12H19BN2O4/c1-6-17-10(16)9-14-7-8(15-9)13-18-11(2,3)12(4,5)19-13/h7H,6H2,1-5H3,(H,14,15). The Morgan fingerprint density at radius 1 is 1.37 bits per heavy atom. The van der Waals surface area contributed by atoms with Gasteiger partial charge in [-0.25, -0.2) is 9.78 Å². The predicted octanol–water partition coefficient (Wildman–Crippen LogP) is 0.886. The number of ether oxygens (including phenoxy) is 1. The van der Waals surface area contributed by atoms with Crippen molar-refractivity contribution in [2.75, 3.05) is 6.61 Å². The second-order valence-electron chi connectivity index (χ2n) is 5.50. The molecule has 7 heteroatoms. The molecule has 6 nitrogen and oxygen atoms in total. The second kappa shape index (κ2) is 4.65. The van der Waals surface area contributed by atoms with Gasteiger partial charge in [0.1, 0.15) is 0 Å². The molecule has 0 aromatic carbocycles. The zero-order valence-electron chi connectivity index (χ0n) is 11.9. The van der Waals surface area contributed by atoms with Gasteiger partial charge in [-0.1, -0.05) is 0 Å². The fraction of sp³-hybridized carbons (Fsp3) is 0.667. The van der Waals surface area contributed by atoms with E-state index in [1.54, 1.807) is 6.92 Å². The minimum absolute atomic E-state index is 0.159. The molecule has 2 rings (SSSR count). The van der Waals surface area contributed by atoms with E-state index in [1.165, 1.54) is 6.20 Å². The molecular formula is C12H19BN2O4. The number of H-pyrrole nitrogens is 1. The molecule has 0 unspecified atom stereocenters. The number of hydrogen-bond donors (Lipinski definition) is 1. The lowest BCUT2D eigenvalue weighted by Gasteiger charge is -2.32. The summed E-state index contributed by atoms with van der Waals surface area (Å²) in [5.74, 6) is -0.322. The number of aromatic nitrogens is 2. The van der Waals surface area contributed by atoms with Crippen molar-refractivity contribution in [2.24, 2.45) is 0 Å². The molecule has 0 atom stereocenters. The summed E-state index contributed by atoms with van der Waals surface area (Å²) in [4.78, 5) is 18.4. The summed E-state index contributed by atoms with van der Waals surface area (Å²) in [7, 11) is -0.555. The zero-order valence-corrected chi connectivity index (χ0v) is 11.9. The third-order valence-electron chi connectivity index (χ3n) is 3.57. The van der Waals surface area contributed by atoms with Crippen LogP contribution in [0.3, 0.4) is 0 Å². The molecule has 0 amide bonds. The lowest BCUT2D eigenvalue weighted by molar-refractivity contribution is 0.00578. The van der Waals surface area contributed by atoms with Gasteiger partial charge in [0.25, 0.3) is 0 Å². The molecule has 104 valence electrons. The smallest absolute Gasteiger partial charge is 0.460 e. The molecule has 0 aliphatic carbocycles. The number of nitrogens with one attached hydrogen (secondary N) is 1. The van der Waals surface area contributed by atoms with Crippen LogP contribution >= 0.6 is 0 Å². The summed E-state index contributed by atoms with van der Waals surface area (Å²) in [5, 5.41) is 0. The molecule has 1 aromatic heterocycles. The Balaban J connectivity index is 2.15. The highest BCUT2D eigenvalue weighted by Crippen LogP contribution is 2.36. The third kappa shape index (κ3) is 2.53. The van der Waals surface area contributed by atoms with E-state index in [1.807, 2.05) is 27.7 Å². The van der Waals surface area contributed by atoms with Gasteiger partial charge in [-0.15, -0.1) is 0 Å². The van der Waals surface area contributed by atoms with Crippen LogP contribution in [0.5, 0.6) is 0 Å². The molecule has 1 aromatic rings. The summed E-state index contributed by atoms with van der Waals surface area (Å²) in [6, 6.07) is 0. The van der Waals surface area contributed by atoms with Crippen LogP contribution in [-0.4, -0.2) is 40.9 Å².